The zero-order chi connectivity index (χ0) is 14.7. The fraction of sp³-hybridized carbons (Fsp3) is 0.700. The van der Waals surface area contributed by atoms with E-state index in [0.29, 0.717) is 13.2 Å². The average Bonchev–Trinajstić information content (AvgIpc) is 2.36. The van der Waals surface area contributed by atoms with Crippen molar-refractivity contribution >= 4 is 17.9 Å². The van der Waals surface area contributed by atoms with Gasteiger partial charge in [0, 0.05) is 20.8 Å². The Bertz CT molecular complexity index is 310. The molecule has 0 rings (SSSR count). The first-order valence-electron chi connectivity index (χ1n) is 5.53. The lowest BCUT2D eigenvalue weighted by Gasteiger charge is -2.14. The normalized spacial score (nSPS) is 11.5. The maximum absolute atomic E-state index is 11.3. The summed E-state index contributed by atoms with van der Waals surface area (Å²) in [6, 6.07) is -1.92. The lowest BCUT2D eigenvalue weighted by Crippen LogP contribution is -2.50. The molecule has 0 radical (unpaired) electrons. The molecule has 0 saturated carbocycles. The van der Waals surface area contributed by atoms with Crippen molar-refractivity contribution in [2.24, 2.45) is 0 Å². The van der Waals surface area contributed by atoms with Gasteiger partial charge in [0.2, 0.25) is 5.91 Å². The molecule has 0 heterocycles. The molecule has 0 aliphatic rings. The van der Waals surface area contributed by atoms with Gasteiger partial charge in [-0.05, 0) is 0 Å². The Kier molecular flexibility index (Phi) is 9.10. The van der Waals surface area contributed by atoms with Gasteiger partial charge in [-0.15, -0.1) is 0 Å². The van der Waals surface area contributed by atoms with Crippen LogP contribution in [-0.2, 0) is 19.1 Å². The number of rotatable bonds is 9. The van der Waals surface area contributed by atoms with Crippen LogP contribution in [0.3, 0.4) is 0 Å². The third-order valence-corrected chi connectivity index (χ3v) is 1.97. The molecule has 1 atom stereocenters. The van der Waals surface area contributed by atoms with E-state index in [1.807, 2.05) is 0 Å². The minimum Gasteiger partial charge on any atom is -0.480 e. The number of amides is 3. The summed E-state index contributed by atoms with van der Waals surface area (Å²) in [5.41, 5.74) is 0. The van der Waals surface area contributed by atoms with Crippen LogP contribution in [0.2, 0.25) is 0 Å². The topological polar surface area (TPSA) is 126 Å². The summed E-state index contributed by atoms with van der Waals surface area (Å²) in [5.74, 6) is -1.62. The standard InChI is InChI=1S/C10H19N3O6/c1-18-4-3-11-8(14)5-12-10(17)13-7(6-19-2)9(15)16/h7H,3-6H2,1-2H3,(H,11,14)(H,15,16)(H2,12,13,17). The van der Waals surface area contributed by atoms with Crippen molar-refractivity contribution < 1.29 is 29.0 Å². The predicted octanol–water partition coefficient (Wildman–Crippen LogP) is -1.85. The van der Waals surface area contributed by atoms with Crippen molar-refractivity contribution in [3.63, 3.8) is 0 Å². The molecule has 19 heavy (non-hydrogen) atoms. The monoisotopic (exact) mass is 277 g/mol. The largest absolute Gasteiger partial charge is 0.480 e. The SMILES string of the molecule is COCCNC(=O)CNC(=O)NC(COC)C(=O)O. The smallest absolute Gasteiger partial charge is 0.328 e. The van der Waals surface area contributed by atoms with E-state index < -0.39 is 23.9 Å². The number of hydrogen-bond donors (Lipinski definition) is 4. The van der Waals surface area contributed by atoms with Crippen molar-refractivity contribution in [3.05, 3.63) is 0 Å². The lowest BCUT2D eigenvalue weighted by molar-refractivity contribution is -0.140. The van der Waals surface area contributed by atoms with Gasteiger partial charge in [-0.2, -0.15) is 0 Å². The highest BCUT2D eigenvalue weighted by atomic mass is 16.5. The number of aliphatic carboxylic acids is 1. The molecule has 110 valence electrons. The van der Waals surface area contributed by atoms with Crippen LogP contribution in [0.15, 0.2) is 0 Å². The van der Waals surface area contributed by atoms with E-state index in [1.165, 1.54) is 14.2 Å². The molecule has 4 N–H and O–H groups in total. The molecule has 0 aromatic heterocycles. The summed E-state index contributed by atoms with van der Waals surface area (Å²) in [6.45, 7) is 0.282. The third-order valence-electron chi connectivity index (χ3n) is 1.97. The van der Waals surface area contributed by atoms with Gasteiger partial charge in [-0.1, -0.05) is 0 Å². The van der Waals surface area contributed by atoms with Gasteiger partial charge in [0.25, 0.3) is 0 Å². The quantitative estimate of drug-likeness (QED) is 0.366. The molecule has 0 aliphatic heterocycles. The van der Waals surface area contributed by atoms with Crippen molar-refractivity contribution in [1.82, 2.24) is 16.0 Å². The molecule has 9 nitrogen and oxygen atoms in total. The number of carbonyl (C=O) groups is 3. The molecule has 0 aromatic rings. The second kappa shape index (κ2) is 10.1. The average molecular weight is 277 g/mol. The number of hydrogen-bond acceptors (Lipinski definition) is 5. The van der Waals surface area contributed by atoms with Gasteiger partial charge >= 0.3 is 12.0 Å². The Balaban J connectivity index is 3.90. The van der Waals surface area contributed by atoms with E-state index in [2.05, 4.69) is 20.7 Å². The van der Waals surface area contributed by atoms with E-state index in [9.17, 15) is 14.4 Å². The zero-order valence-corrected chi connectivity index (χ0v) is 10.9. The number of carboxylic acid groups (broad SMARTS) is 1. The Morgan fingerprint density at radius 2 is 1.84 bits per heavy atom. The highest BCUT2D eigenvalue weighted by Gasteiger charge is 2.19. The summed E-state index contributed by atoms with van der Waals surface area (Å²) in [4.78, 5) is 33.3. The number of ether oxygens (including phenoxy) is 2. The van der Waals surface area contributed by atoms with E-state index in [4.69, 9.17) is 9.84 Å². The molecular weight excluding hydrogens is 258 g/mol. The Morgan fingerprint density at radius 1 is 1.16 bits per heavy atom. The van der Waals surface area contributed by atoms with E-state index in [0.717, 1.165) is 0 Å². The summed E-state index contributed by atoms with van der Waals surface area (Å²) in [6.07, 6.45) is 0. The highest BCUT2D eigenvalue weighted by molar-refractivity contribution is 5.86. The van der Waals surface area contributed by atoms with Gasteiger partial charge in [0.15, 0.2) is 6.04 Å². The van der Waals surface area contributed by atoms with Crippen LogP contribution in [0.1, 0.15) is 0 Å². The van der Waals surface area contributed by atoms with Crippen LogP contribution < -0.4 is 16.0 Å². The summed E-state index contributed by atoms with van der Waals surface area (Å²) in [7, 11) is 2.82. The number of methoxy groups -OCH3 is 2. The molecule has 0 saturated heterocycles. The highest BCUT2D eigenvalue weighted by Crippen LogP contribution is 1.85. The first-order valence-corrected chi connectivity index (χ1v) is 5.53. The molecule has 1 unspecified atom stereocenters. The maximum atomic E-state index is 11.3. The second-order valence-corrected chi connectivity index (χ2v) is 3.52. The second-order valence-electron chi connectivity index (χ2n) is 3.52. The van der Waals surface area contributed by atoms with Gasteiger partial charge in [-0.3, -0.25) is 4.79 Å². The Morgan fingerprint density at radius 3 is 2.37 bits per heavy atom. The summed E-state index contributed by atoms with van der Waals surface area (Å²) in [5, 5.41) is 15.6. The molecule has 0 aromatic carbocycles. The van der Waals surface area contributed by atoms with E-state index in [1.54, 1.807) is 0 Å². The Hall–Kier alpha value is -1.87. The molecule has 0 fully saturated rings. The predicted molar refractivity (Wildman–Crippen MR) is 64.7 cm³/mol. The van der Waals surface area contributed by atoms with Gasteiger partial charge < -0.3 is 30.5 Å². The van der Waals surface area contributed by atoms with Crippen LogP contribution in [-0.4, -0.2) is 69.6 Å². The molecule has 0 bridgehead atoms. The van der Waals surface area contributed by atoms with E-state index in [-0.39, 0.29) is 13.2 Å². The van der Waals surface area contributed by atoms with Crippen molar-refractivity contribution in [2.75, 3.05) is 40.5 Å². The van der Waals surface area contributed by atoms with Crippen molar-refractivity contribution in [1.29, 1.82) is 0 Å². The van der Waals surface area contributed by atoms with Gasteiger partial charge in [-0.25, -0.2) is 9.59 Å². The van der Waals surface area contributed by atoms with Crippen LogP contribution in [0.5, 0.6) is 0 Å². The van der Waals surface area contributed by atoms with Gasteiger partial charge in [0.1, 0.15) is 0 Å². The number of nitrogens with one attached hydrogen (secondary N) is 3. The van der Waals surface area contributed by atoms with Crippen LogP contribution in [0.4, 0.5) is 4.79 Å². The zero-order valence-electron chi connectivity index (χ0n) is 10.9. The lowest BCUT2D eigenvalue weighted by atomic mass is 10.3. The fourth-order valence-electron chi connectivity index (χ4n) is 1.07. The van der Waals surface area contributed by atoms with E-state index >= 15 is 0 Å². The molecule has 3 amide bonds. The molecule has 9 heteroatoms. The summed E-state index contributed by atoms with van der Waals surface area (Å²) >= 11 is 0. The van der Waals surface area contributed by atoms with Crippen molar-refractivity contribution in [2.45, 2.75) is 6.04 Å². The maximum Gasteiger partial charge on any atom is 0.328 e. The molecule has 0 spiro atoms. The minimum atomic E-state index is -1.22. The van der Waals surface area contributed by atoms with Crippen molar-refractivity contribution in [3.8, 4) is 0 Å². The number of urea groups is 1. The molecule has 0 aliphatic carbocycles. The first kappa shape index (κ1) is 17.1. The fourth-order valence-corrected chi connectivity index (χ4v) is 1.07. The first-order chi connectivity index (χ1) is 9.01. The van der Waals surface area contributed by atoms with Crippen LogP contribution >= 0.6 is 0 Å². The number of carbonyl (C=O) groups excluding carboxylic acids is 2. The summed E-state index contributed by atoms with van der Waals surface area (Å²) < 4.78 is 9.37. The minimum absolute atomic E-state index is 0.164. The Labute approximate surface area is 110 Å². The molecular formula is C10H19N3O6. The van der Waals surface area contributed by atoms with Crippen LogP contribution in [0.25, 0.3) is 0 Å². The van der Waals surface area contributed by atoms with Gasteiger partial charge in [0.05, 0.1) is 19.8 Å². The number of carboxylic acids is 1. The van der Waals surface area contributed by atoms with Crippen LogP contribution in [0, 0.1) is 0 Å². The third kappa shape index (κ3) is 8.80.